The third-order valence-corrected chi connectivity index (χ3v) is 3.87. The van der Waals surface area contributed by atoms with Gasteiger partial charge in [-0.3, -0.25) is 9.78 Å². The van der Waals surface area contributed by atoms with Crippen molar-refractivity contribution in [1.82, 2.24) is 4.98 Å². The van der Waals surface area contributed by atoms with Crippen LogP contribution in [0.2, 0.25) is 0 Å². The first-order valence-electron chi connectivity index (χ1n) is 6.66. The average molecular weight is 247 g/mol. The Kier molecular flexibility index (Phi) is 4.18. The van der Waals surface area contributed by atoms with Crippen LogP contribution in [0.25, 0.3) is 0 Å². The predicted octanol–water partition coefficient (Wildman–Crippen LogP) is 2.42. The number of aromatic nitrogens is 1. The van der Waals surface area contributed by atoms with Crippen molar-refractivity contribution in [2.24, 2.45) is 17.6 Å². The number of hydrogen-bond donors (Lipinski definition) is 2. The van der Waals surface area contributed by atoms with Crippen LogP contribution >= 0.6 is 0 Å². The number of pyridine rings is 1. The van der Waals surface area contributed by atoms with Crippen LogP contribution in [-0.2, 0) is 0 Å². The molecule has 1 saturated carbocycles. The van der Waals surface area contributed by atoms with Crippen LogP contribution in [0.15, 0.2) is 18.3 Å². The number of nitrogens with one attached hydrogen (secondary N) is 1. The van der Waals surface area contributed by atoms with Gasteiger partial charge in [0.1, 0.15) is 5.69 Å². The Morgan fingerprint density at radius 3 is 3.00 bits per heavy atom. The molecule has 0 bridgehead atoms. The lowest BCUT2D eigenvalue weighted by Crippen LogP contribution is -2.24. The lowest BCUT2D eigenvalue weighted by atomic mass is 9.80. The second-order valence-corrected chi connectivity index (χ2v) is 5.20. The summed E-state index contributed by atoms with van der Waals surface area (Å²) in [5.41, 5.74) is 6.46. The van der Waals surface area contributed by atoms with E-state index in [0.717, 1.165) is 24.1 Å². The van der Waals surface area contributed by atoms with E-state index < -0.39 is 5.91 Å². The topological polar surface area (TPSA) is 68.0 Å². The quantitative estimate of drug-likeness (QED) is 0.858. The second kappa shape index (κ2) is 5.85. The number of anilines is 1. The van der Waals surface area contributed by atoms with Crippen LogP contribution in [0.5, 0.6) is 0 Å². The van der Waals surface area contributed by atoms with Crippen molar-refractivity contribution in [2.75, 3.05) is 11.9 Å². The predicted molar refractivity (Wildman–Crippen MR) is 72.4 cm³/mol. The highest BCUT2D eigenvalue weighted by Gasteiger charge is 2.20. The molecule has 2 atom stereocenters. The summed E-state index contributed by atoms with van der Waals surface area (Å²) < 4.78 is 0. The number of amides is 1. The molecule has 2 unspecified atom stereocenters. The van der Waals surface area contributed by atoms with Gasteiger partial charge in [-0.25, -0.2) is 0 Å². The smallest absolute Gasteiger partial charge is 0.267 e. The largest absolute Gasteiger partial charge is 0.385 e. The second-order valence-electron chi connectivity index (χ2n) is 5.20. The Bertz CT molecular complexity index is 419. The molecule has 1 aromatic heterocycles. The van der Waals surface area contributed by atoms with Gasteiger partial charge in [-0.05, 0) is 30.4 Å². The van der Waals surface area contributed by atoms with Gasteiger partial charge >= 0.3 is 0 Å². The molecule has 3 N–H and O–H groups in total. The monoisotopic (exact) mass is 247 g/mol. The van der Waals surface area contributed by atoms with Gasteiger partial charge in [-0.15, -0.1) is 0 Å². The van der Waals surface area contributed by atoms with E-state index in [0.29, 0.717) is 5.69 Å². The van der Waals surface area contributed by atoms with Crippen molar-refractivity contribution in [1.29, 1.82) is 0 Å². The molecule has 2 rings (SSSR count). The van der Waals surface area contributed by atoms with Crippen LogP contribution in [0.1, 0.15) is 43.1 Å². The summed E-state index contributed by atoms with van der Waals surface area (Å²) in [6.45, 7) is 3.29. The third kappa shape index (κ3) is 3.22. The van der Waals surface area contributed by atoms with E-state index in [9.17, 15) is 4.79 Å². The molecule has 1 amide bonds. The van der Waals surface area contributed by atoms with Crippen LogP contribution in [0.4, 0.5) is 5.69 Å². The summed E-state index contributed by atoms with van der Waals surface area (Å²) in [5, 5.41) is 3.39. The fraction of sp³-hybridized carbons (Fsp3) is 0.571. The third-order valence-electron chi connectivity index (χ3n) is 3.87. The first-order chi connectivity index (χ1) is 8.66. The number of nitrogens with zero attached hydrogens (tertiary/aromatic N) is 1. The average Bonchev–Trinajstić information content (AvgIpc) is 2.38. The van der Waals surface area contributed by atoms with E-state index in [1.807, 2.05) is 6.07 Å². The zero-order chi connectivity index (χ0) is 13.0. The minimum atomic E-state index is -0.482. The minimum absolute atomic E-state index is 0.316. The van der Waals surface area contributed by atoms with Gasteiger partial charge in [0.2, 0.25) is 0 Å². The molecule has 1 fully saturated rings. The maximum Gasteiger partial charge on any atom is 0.267 e. The summed E-state index contributed by atoms with van der Waals surface area (Å²) in [5.74, 6) is 1.03. The molecule has 0 spiro atoms. The number of carbonyl (C=O) groups is 1. The lowest BCUT2D eigenvalue weighted by Gasteiger charge is -2.29. The molecular formula is C14H21N3O. The van der Waals surface area contributed by atoms with Crippen LogP contribution in [0, 0.1) is 11.8 Å². The number of rotatable bonds is 4. The lowest BCUT2D eigenvalue weighted by molar-refractivity contribution is 0.0995. The fourth-order valence-corrected chi connectivity index (χ4v) is 2.62. The maximum absolute atomic E-state index is 11.0. The van der Waals surface area contributed by atoms with Crippen molar-refractivity contribution >= 4 is 11.6 Å². The van der Waals surface area contributed by atoms with Crippen molar-refractivity contribution < 1.29 is 4.79 Å². The van der Waals surface area contributed by atoms with Gasteiger partial charge < -0.3 is 11.1 Å². The number of nitrogens with two attached hydrogens (primary N) is 1. The van der Waals surface area contributed by atoms with E-state index >= 15 is 0 Å². The van der Waals surface area contributed by atoms with Crippen LogP contribution in [-0.4, -0.2) is 17.4 Å². The maximum atomic E-state index is 11.0. The van der Waals surface area contributed by atoms with Gasteiger partial charge in [-0.2, -0.15) is 0 Å². The molecule has 1 aliphatic carbocycles. The highest BCUT2D eigenvalue weighted by Crippen LogP contribution is 2.29. The molecule has 1 aliphatic rings. The Balaban J connectivity index is 1.93. The van der Waals surface area contributed by atoms with Gasteiger partial charge in [0.05, 0.1) is 0 Å². The molecule has 1 aromatic rings. The summed E-state index contributed by atoms with van der Waals surface area (Å²) in [6.07, 6.45) is 6.93. The molecule has 4 nitrogen and oxygen atoms in total. The van der Waals surface area contributed by atoms with Gasteiger partial charge in [0.25, 0.3) is 5.91 Å². The highest BCUT2D eigenvalue weighted by molar-refractivity contribution is 5.91. The molecule has 0 aliphatic heterocycles. The van der Waals surface area contributed by atoms with Crippen molar-refractivity contribution in [3.8, 4) is 0 Å². The van der Waals surface area contributed by atoms with Crippen molar-refractivity contribution in [3.63, 3.8) is 0 Å². The normalized spacial score (nSPS) is 23.6. The zero-order valence-electron chi connectivity index (χ0n) is 10.9. The first-order valence-corrected chi connectivity index (χ1v) is 6.66. The number of primary amides is 1. The summed E-state index contributed by atoms with van der Waals surface area (Å²) in [4.78, 5) is 15.0. The molecule has 18 heavy (non-hydrogen) atoms. The van der Waals surface area contributed by atoms with E-state index in [4.69, 9.17) is 5.73 Å². The van der Waals surface area contributed by atoms with Crippen LogP contribution < -0.4 is 11.1 Å². The molecule has 0 aromatic carbocycles. The van der Waals surface area contributed by atoms with E-state index in [1.165, 1.54) is 25.7 Å². The molecular weight excluding hydrogens is 226 g/mol. The summed E-state index contributed by atoms with van der Waals surface area (Å²) >= 11 is 0. The highest BCUT2D eigenvalue weighted by atomic mass is 16.1. The number of carbonyl (C=O) groups excluding carboxylic acids is 1. The van der Waals surface area contributed by atoms with Gasteiger partial charge in [-0.1, -0.05) is 26.2 Å². The summed E-state index contributed by atoms with van der Waals surface area (Å²) in [7, 11) is 0. The SMILES string of the molecule is CC1CCCCC1CNc1ccnc(C(N)=O)c1. The Hall–Kier alpha value is -1.58. The fourth-order valence-electron chi connectivity index (χ4n) is 2.62. The minimum Gasteiger partial charge on any atom is -0.385 e. The van der Waals surface area contributed by atoms with Gasteiger partial charge in [0.15, 0.2) is 0 Å². The first kappa shape index (κ1) is 12.9. The molecule has 4 heteroatoms. The molecule has 98 valence electrons. The van der Waals surface area contributed by atoms with E-state index in [-0.39, 0.29) is 0 Å². The Labute approximate surface area is 108 Å². The number of hydrogen-bond acceptors (Lipinski definition) is 3. The van der Waals surface area contributed by atoms with E-state index in [1.54, 1.807) is 12.3 Å². The van der Waals surface area contributed by atoms with E-state index in [2.05, 4.69) is 17.2 Å². The van der Waals surface area contributed by atoms with Crippen LogP contribution in [0.3, 0.4) is 0 Å². The zero-order valence-corrected chi connectivity index (χ0v) is 10.9. The van der Waals surface area contributed by atoms with Crippen molar-refractivity contribution in [2.45, 2.75) is 32.6 Å². The standard InChI is InChI=1S/C14H21N3O/c1-10-4-2-3-5-11(10)9-17-12-6-7-16-13(8-12)14(15)18/h6-8,10-11H,2-5,9H2,1H3,(H2,15,18)(H,16,17). The molecule has 0 radical (unpaired) electrons. The van der Waals surface area contributed by atoms with Crippen molar-refractivity contribution in [3.05, 3.63) is 24.0 Å². The molecule has 1 heterocycles. The Morgan fingerprint density at radius 2 is 2.28 bits per heavy atom. The van der Waals surface area contributed by atoms with Gasteiger partial charge in [0, 0.05) is 18.4 Å². The summed E-state index contributed by atoms with van der Waals surface area (Å²) in [6, 6.07) is 3.59. The Morgan fingerprint density at radius 1 is 1.50 bits per heavy atom. The molecule has 0 saturated heterocycles.